The molecule has 6 rings (SSSR count). The van der Waals surface area contributed by atoms with E-state index >= 15 is 8.78 Å². The van der Waals surface area contributed by atoms with Gasteiger partial charge >= 0.3 is 12.4 Å². The first kappa shape index (κ1) is 45.7. The Labute approximate surface area is 353 Å². The number of nitrogens with one attached hydrogen (secondary N) is 2. The van der Waals surface area contributed by atoms with Crippen LogP contribution < -0.4 is 10.0 Å². The molecule has 2 unspecified atom stereocenters. The van der Waals surface area contributed by atoms with E-state index in [4.69, 9.17) is 11.6 Å². The summed E-state index contributed by atoms with van der Waals surface area (Å²) in [5.41, 5.74) is -3.92. The fourth-order valence-electron chi connectivity index (χ4n) is 6.91. The Kier molecular flexibility index (Phi) is 12.6. The first-order valence-electron chi connectivity index (χ1n) is 18.0. The number of hydrogen-bond acceptors (Lipinski definition) is 7. The summed E-state index contributed by atoms with van der Waals surface area (Å²) in [5.74, 6) is -3.05. The van der Waals surface area contributed by atoms with Crippen LogP contribution in [0, 0.1) is 29.4 Å². The zero-order valence-electron chi connectivity index (χ0n) is 32.6. The molecular formula is C39H34ClF10N7O2S2. The molecule has 1 aliphatic rings. The number of benzene rings is 2. The Hall–Kier alpha value is -4.81. The molecule has 2 N–H and O–H groups in total. The minimum atomic E-state index is -5.15. The second-order valence-corrected chi connectivity index (χ2v) is 17.7. The van der Waals surface area contributed by atoms with Crippen molar-refractivity contribution in [3.8, 4) is 23.0 Å². The lowest BCUT2D eigenvalue weighted by molar-refractivity contribution is -0.143. The molecule has 1 amide bonds. The number of amides is 1. The average Bonchev–Trinajstić information content (AvgIpc) is 3.75. The molecule has 3 aromatic heterocycles. The molecule has 0 aliphatic heterocycles. The quantitative estimate of drug-likeness (QED) is 0.0773. The second-order valence-electron chi connectivity index (χ2n) is 14.8. The topological polar surface area (TPSA) is 107 Å². The molecule has 5 aromatic rings. The van der Waals surface area contributed by atoms with E-state index in [0.717, 1.165) is 31.0 Å². The molecule has 0 bridgehead atoms. The number of fused-ring (bicyclic) bond motifs is 2. The number of anilines is 1. The first-order valence-corrected chi connectivity index (χ1v) is 21.2. The minimum absolute atomic E-state index is 0.00597. The molecule has 0 saturated carbocycles. The molecule has 9 nitrogen and oxygen atoms in total. The van der Waals surface area contributed by atoms with Gasteiger partial charge in [0.15, 0.2) is 11.5 Å². The summed E-state index contributed by atoms with van der Waals surface area (Å²) in [6.07, 6.45) is -8.13. The first-order chi connectivity index (χ1) is 28.3. The van der Waals surface area contributed by atoms with Gasteiger partial charge in [-0.3, -0.25) is 18.4 Å². The third-order valence-corrected chi connectivity index (χ3v) is 12.1. The van der Waals surface area contributed by atoms with Crippen molar-refractivity contribution >= 4 is 57.0 Å². The van der Waals surface area contributed by atoms with Crippen LogP contribution >= 0.6 is 23.5 Å². The van der Waals surface area contributed by atoms with Crippen LogP contribution in [-0.2, 0) is 53.6 Å². The molecule has 0 radical (unpaired) electrons. The number of nitrogens with zero attached hydrogens (tertiary/aromatic N) is 5. The van der Waals surface area contributed by atoms with Crippen molar-refractivity contribution in [1.29, 1.82) is 0 Å². The molecule has 3 atom stereocenters. The molecule has 326 valence electrons. The SMILES string of the molecule is CSNc1nn(CC(F)(F)F)c2c(-c3ccc(C#CC(C)(C)S(C)=O)nc3C(Cc3cc(F)cc(F)c3)NC(=O)Cn3nc(C(F)(F)F)c4c3C(F)(F)[C@H](C)C4)ccc(Cl)c12. The highest BCUT2D eigenvalue weighted by Crippen LogP contribution is 2.49. The third kappa shape index (κ3) is 9.65. The van der Waals surface area contributed by atoms with Gasteiger partial charge in [-0.25, -0.2) is 13.8 Å². The van der Waals surface area contributed by atoms with Crippen LogP contribution in [-0.4, -0.2) is 58.1 Å². The van der Waals surface area contributed by atoms with Crippen molar-refractivity contribution in [1.82, 2.24) is 29.9 Å². The number of pyridine rings is 1. The number of rotatable bonds is 11. The van der Waals surface area contributed by atoms with E-state index < -0.39 is 106 Å². The lowest BCUT2D eigenvalue weighted by atomic mass is 9.93. The van der Waals surface area contributed by atoms with Gasteiger partial charge < -0.3 is 10.0 Å². The van der Waals surface area contributed by atoms with Crippen LogP contribution in [0.2, 0.25) is 5.02 Å². The molecule has 0 saturated heterocycles. The Morgan fingerprint density at radius 2 is 1.69 bits per heavy atom. The Morgan fingerprint density at radius 1 is 1.03 bits per heavy atom. The summed E-state index contributed by atoms with van der Waals surface area (Å²) < 4.78 is 159. The summed E-state index contributed by atoms with van der Waals surface area (Å²) in [4.78, 5) is 18.6. The maximum atomic E-state index is 15.4. The van der Waals surface area contributed by atoms with Gasteiger partial charge in [0.2, 0.25) is 5.91 Å². The van der Waals surface area contributed by atoms with Gasteiger partial charge in [0, 0.05) is 52.0 Å². The molecular weight excluding hydrogens is 888 g/mol. The summed E-state index contributed by atoms with van der Waals surface area (Å²) in [5, 5.41) is 10.1. The normalized spacial score (nSPS) is 16.2. The van der Waals surface area contributed by atoms with Crippen LogP contribution in [0.25, 0.3) is 22.0 Å². The van der Waals surface area contributed by atoms with E-state index in [9.17, 15) is 44.1 Å². The predicted octanol–water partition coefficient (Wildman–Crippen LogP) is 9.39. The highest BCUT2D eigenvalue weighted by atomic mass is 35.5. The van der Waals surface area contributed by atoms with E-state index in [1.807, 2.05) is 0 Å². The van der Waals surface area contributed by atoms with Crippen molar-refractivity contribution in [2.45, 2.75) is 75.8 Å². The van der Waals surface area contributed by atoms with E-state index in [-0.39, 0.29) is 54.5 Å². The summed E-state index contributed by atoms with van der Waals surface area (Å²) in [6.45, 7) is 1.44. The second kappa shape index (κ2) is 16.8. The minimum Gasteiger partial charge on any atom is -0.346 e. The van der Waals surface area contributed by atoms with Crippen LogP contribution in [0.15, 0.2) is 42.5 Å². The number of aromatic nitrogens is 5. The Morgan fingerprint density at radius 3 is 2.30 bits per heavy atom. The maximum absolute atomic E-state index is 15.4. The number of hydrogen-bond donors (Lipinski definition) is 2. The van der Waals surface area contributed by atoms with Crippen molar-refractivity contribution < 1.29 is 52.9 Å². The van der Waals surface area contributed by atoms with Gasteiger partial charge in [-0.1, -0.05) is 42.5 Å². The number of carbonyl (C=O) groups excluding carboxylic acids is 1. The summed E-state index contributed by atoms with van der Waals surface area (Å²) in [7, 11) is -1.48. The molecule has 2 aromatic carbocycles. The van der Waals surface area contributed by atoms with E-state index in [2.05, 4.69) is 37.1 Å². The van der Waals surface area contributed by atoms with Gasteiger partial charge in [0.05, 0.1) is 27.7 Å². The smallest absolute Gasteiger partial charge is 0.346 e. The monoisotopic (exact) mass is 921 g/mol. The van der Waals surface area contributed by atoms with Crippen LogP contribution in [0.4, 0.5) is 49.7 Å². The Balaban J connectivity index is 1.58. The van der Waals surface area contributed by atoms with Crippen molar-refractivity contribution in [2.75, 3.05) is 17.2 Å². The number of alkyl halides is 8. The molecule has 0 fully saturated rings. The van der Waals surface area contributed by atoms with Gasteiger partial charge in [-0.15, -0.1) is 0 Å². The predicted molar refractivity (Wildman–Crippen MR) is 211 cm³/mol. The lowest BCUT2D eigenvalue weighted by Gasteiger charge is -2.23. The molecule has 3 heterocycles. The standard InChI is InChI=1S/C39H34ClF10N7O2S2/c1-19-12-26-33(39(48,49)50)53-56(34(26)38(19,46)47)17-29(58)52-28(15-20-13-21(41)16-22(42)14-20)31-24(7-6-23(51-31)10-11-36(2,3)61(5)59)25-8-9-27(40)30-32(25)57(18-37(43,44)45)54-35(30)55-60-4/h6-9,13-14,16,19,28H,12,15,17-18H2,1-5H3,(H,52,58)(H,54,55)/t19-,28?,61?/m1/s1. The van der Waals surface area contributed by atoms with Crippen LogP contribution in [0.5, 0.6) is 0 Å². The van der Waals surface area contributed by atoms with Gasteiger partial charge in [-0.2, -0.15) is 45.3 Å². The lowest BCUT2D eigenvalue weighted by Crippen LogP contribution is -2.35. The molecule has 0 spiro atoms. The summed E-state index contributed by atoms with van der Waals surface area (Å²) >= 11 is 7.57. The summed E-state index contributed by atoms with van der Waals surface area (Å²) in [6, 6.07) is 6.35. The fraction of sp³-hybridized carbons (Fsp3) is 0.385. The Bertz CT molecular complexity index is 2590. The third-order valence-electron chi connectivity index (χ3n) is 9.88. The largest absolute Gasteiger partial charge is 0.435 e. The van der Waals surface area contributed by atoms with Gasteiger partial charge in [0.1, 0.15) is 40.9 Å². The zero-order chi connectivity index (χ0) is 45.0. The number of halogens is 11. The molecule has 1 aliphatic carbocycles. The van der Waals surface area contributed by atoms with E-state index in [1.165, 1.54) is 30.5 Å². The zero-order valence-corrected chi connectivity index (χ0v) is 34.9. The molecule has 22 heteroatoms. The van der Waals surface area contributed by atoms with Crippen molar-refractivity contribution in [2.24, 2.45) is 5.92 Å². The number of carbonyl (C=O) groups is 1. The average molecular weight is 922 g/mol. The van der Waals surface area contributed by atoms with Crippen molar-refractivity contribution in [3.05, 3.63) is 93.0 Å². The van der Waals surface area contributed by atoms with Gasteiger partial charge in [-0.05, 0) is 68.5 Å². The van der Waals surface area contributed by atoms with E-state index in [1.54, 1.807) is 20.1 Å². The van der Waals surface area contributed by atoms with E-state index in [0.29, 0.717) is 10.7 Å². The van der Waals surface area contributed by atoms with Crippen molar-refractivity contribution in [3.63, 3.8) is 0 Å². The van der Waals surface area contributed by atoms with Crippen LogP contribution in [0.3, 0.4) is 0 Å². The highest BCUT2D eigenvalue weighted by Gasteiger charge is 2.54. The fourth-order valence-corrected chi connectivity index (χ4v) is 7.68. The highest BCUT2D eigenvalue weighted by molar-refractivity contribution is 7.99. The molecule has 61 heavy (non-hydrogen) atoms. The van der Waals surface area contributed by atoms with Crippen LogP contribution in [0.1, 0.15) is 60.7 Å². The van der Waals surface area contributed by atoms with Gasteiger partial charge in [0.25, 0.3) is 5.92 Å². The maximum Gasteiger partial charge on any atom is 0.435 e.